The minimum absolute atomic E-state index is 0.0736. The Bertz CT molecular complexity index is 2960. The minimum atomic E-state index is -1.64. The molecule has 0 bridgehead atoms. The molecular formula is C63H98N18O13S. The van der Waals surface area contributed by atoms with E-state index in [0.29, 0.717) is 55.4 Å². The van der Waals surface area contributed by atoms with Gasteiger partial charge >= 0.3 is 0 Å². The van der Waals surface area contributed by atoms with E-state index >= 15 is 0 Å². The van der Waals surface area contributed by atoms with Crippen molar-refractivity contribution in [2.45, 2.75) is 183 Å². The fourth-order valence-corrected chi connectivity index (χ4v) is 11.5. The monoisotopic (exact) mass is 1350 g/mol. The van der Waals surface area contributed by atoms with E-state index in [4.69, 9.17) is 40.1 Å². The molecule has 0 saturated carbocycles. The van der Waals surface area contributed by atoms with Crippen molar-refractivity contribution in [3.63, 3.8) is 0 Å². The van der Waals surface area contributed by atoms with Crippen LogP contribution in [0.3, 0.4) is 0 Å². The number of amides is 13. The van der Waals surface area contributed by atoms with Gasteiger partial charge in [-0.25, -0.2) is 0 Å². The van der Waals surface area contributed by atoms with Crippen LogP contribution in [0, 0.1) is 5.92 Å². The van der Waals surface area contributed by atoms with E-state index < -0.39 is 169 Å². The zero-order chi connectivity index (χ0) is 70.1. The molecule has 2 aromatic carbocycles. The second-order valence-corrected chi connectivity index (χ2v) is 25.1. The zero-order valence-corrected chi connectivity index (χ0v) is 55.3. The van der Waals surface area contributed by atoms with Crippen LogP contribution in [0.5, 0.6) is 0 Å². The van der Waals surface area contributed by atoms with E-state index in [1.807, 2.05) is 20.1 Å². The lowest BCUT2D eigenvalue weighted by atomic mass is 10.0. The maximum absolute atomic E-state index is 14.7. The highest BCUT2D eigenvalue weighted by Crippen LogP contribution is 2.24. The first-order valence-corrected chi connectivity index (χ1v) is 33.6. The maximum Gasteiger partial charge on any atom is 0.245 e. The van der Waals surface area contributed by atoms with Crippen LogP contribution in [0.15, 0.2) is 65.7 Å². The number of nitrogens with one attached hydrogen (secondary N) is 8. The van der Waals surface area contributed by atoms with Crippen LogP contribution in [0.2, 0.25) is 0 Å². The highest BCUT2D eigenvalue weighted by atomic mass is 32.2. The quantitative estimate of drug-likeness (QED) is 0.0173. The summed E-state index contributed by atoms with van der Waals surface area (Å²) in [6.07, 6.45) is 3.12. The average molecular weight is 1350 g/mol. The third-order valence-corrected chi connectivity index (χ3v) is 16.7. The molecule has 32 heteroatoms. The van der Waals surface area contributed by atoms with Crippen LogP contribution in [-0.2, 0) is 75.2 Å². The van der Waals surface area contributed by atoms with Gasteiger partial charge in [0, 0.05) is 45.3 Å². The molecule has 0 aliphatic carbocycles. The van der Waals surface area contributed by atoms with Crippen molar-refractivity contribution in [1.82, 2.24) is 52.3 Å². The Kier molecular flexibility index (Phi) is 33.9. The fraction of sp³-hybridized carbons (Fsp3) is 0.587. The topological polar surface area (TPSA) is 519 Å². The van der Waals surface area contributed by atoms with Crippen LogP contribution in [0.25, 0.3) is 0 Å². The lowest BCUT2D eigenvalue weighted by Crippen LogP contribution is -2.60. The normalized spacial score (nSPS) is 16.8. The fourth-order valence-electron chi connectivity index (χ4n) is 11.0. The molecular weight excluding hydrogens is 1250 g/mol. The van der Waals surface area contributed by atoms with Gasteiger partial charge in [0.05, 0.1) is 12.6 Å². The molecule has 4 rings (SSSR count). The zero-order valence-electron chi connectivity index (χ0n) is 54.5. The Morgan fingerprint density at radius 2 is 1.01 bits per heavy atom. The predicted octanol–water partition coefficient (Wildman–Crippen LogP) is -3.71. The first-order valence-electron chi connectivity index (χ1n) is 32.2. The number of thioether (sulfide) groups is 1. The summed E-state index contributed by atoms with van der Waals surface area (Å²) in [5.41, 5.74) is 40.6. The number of benzene rings is 2. The SMILES string of the molecule is CSCC[C@H](NC(=O)[C@@H](CC(C)C)NC(=O)CNC(=O)[C@@H](Cc1ccccc1)NC(=O)[C@@H](Cc1ccccc1)NC(=O)[C@@H](CCC(N)=O)NC(=O)[C@H](CCC(N)=O)NC(=O)[C@@H]1CCCN1C(=O)[C@@H](CCCCN)NC(=O)[C@@H]1CCCN1C(=O)[C@H](N)CCCN=C(N)N)C(N)=O. The Morgan fingerprint density at radius 1 is 0.537 bits per heavy atom. The first-order chi connectivity index (χ1) is 45.2. The lowest BCUT2D eigenvalue weighted by molar-refractivity contribution is -0.144. The molecule has 95 heavy (non-hydrogen) atoms. The molecule has 0 spiro atoms. The highest BCUT2D eigenvalue weighted by Gasteiger charge is 2.42. The number of nitrogens with zero attached hydrogens (tertiary/aromatic N) is 3. The van der Waals surface area contributed by atoms with Crippen LogP contribution in [-0.4, -0.2) is 198 Å². The average Bonchev–Trinajstić information content (AvgIpc) is 1.74. The summed E-state index contributed by atoms with van der Waals surface area (Å²) in [6.45, 7) is 3.86. The summed E-state index contributed by atoms with van der Waals surface area (Å²) in [6, 6.07) is 4.51. The smallest absolute Gasteiger partial charge is 0.245 e. The Labute approximate surface area is 558 Å². The van der Waals surface area contributed by atoms with Gasteiger partial charge < -0.3 is 92.5 Å². The van der Waals surface area contributed by atoms with Gasteiger partial charge in [0.2, 0.25) is 76.8 Å². The summed E-state index contributed by atoms with van der Waals surface area (Å²) in [5, 5.41) is 21.1. The van der Waals surface area contributed by atoms with Crippen molar-refractivity contribution >= 4 is 94.5 Å². The standard InChI is InChI=1S/C63H98N18O13S/c1-37(2)33-45(57(89)74-41(53(68)85)27-32-95-3)73-52(84)36-72-54(86)46(34-38-15-6-4-7-16-38)78-58(90)47(35-39-17-8-5-9-18-39)79-56(88)42(23-25-50(66)82)75-55(87)43(24-26-51(67)83)76-59(91)49-22-14-31-81(49)62(94)44(20-10-11-28-64)77-60(92)48-21-13-30-80(48)61(93)40(65)19-12-29-71-63(69)70/h4-9,15-18,37,40-49H,10-14,19-36,64-65H2,1-3H3,(H2,66,82)(H2,67,83)(H2,68,85)(H,72,86)(H,73,84)(H,74,89)(H,75,87)(H,76,91)(H,77,92)(H,78,90)(H,79,88)(H4,69,70,71)/t40-,41+,42-,43+,44-,45-,46-,47-,48+,49+/m1/s1. The van der Waals surface area contributed by atoms with E-state index in [9.17, 15) is 62.3 Å². The van der Waals surface area contributed by atoms with Gasteiger partial charge in [-0.15, -0.1) is 0 Å². The number of aliphatic imine (C=N–C) groups is 1. The van der Waals surface area contributed by atoms with E-state index in [-0.39, 0.29) is 83.0 Å². The van der Waals surface area contributed by atoms with E-state index in [1.54, 1.807) is 60.7 Å². The number of carbonyl (C=O) groups is 13. The van der Waals surface area contributed by atoms with Crippen molar-refractivity contribution in [3.8, 4) is 0 Å². The third-order valence-electron chi connectivity index (χ3n) is 16.0. The molecule has 524 valence electrons. The number of unbranched alkanes of at least 4 members (excludes halogenated alkanes) is 1. The molecule has 0 unspecified atom stereocenters. The van der Waals surface area contributed by atoms with Gasteiger partial charge in [-0.1, -0.05) is 74.5 Å². The largest absolute Gasteiger partial charge is 0.370 e. The molecule has 2 aromatic rings. The third kappa shape index (κ3) is 27.5. The molecule has 10 atom stereocenters. The molecule has 31 nitrogen and oxygen atoms in total. The van der Waals surface area contributed by atoms with Gasteiger partial charge in [0.15, 0.2) is 5.96 Å². The van der Waals surface area contributed by atoms with Gasteiger partial charge in [0.25, 0.3) is 0 Å². The lowest BCUT2D eigenvalue weighted by Gasteiger charge is -2.32. The summed E-state index contributed by atoms with van der Waals surface area (Å²) in [5.74, 6) is -9.80. The molecule has 2 saturated heterocycles. The van der Waals surface area contributed by atoms with Gasteiger partial charge in [-0.2, -0.15) is 11.8 Å². The molecule has 0 aromatic heterocycles. The second-order valence-electron chi connectivity index (χ2n) is 24.1. The molecule has 22 N–H and O–H groups in total. The van der Waals surface area contributed by atoms with Crippen molar-refractivity contribution in [3.05, 3.63) is 71.8 Å². The molecule has 2 aliphatic rings. The van der Waals surface area contributed by atoms with Crippen molar-refractivity contribution < 1.29 is 62.3 Å². The Balaban J connectivity index is 1.56. The first kappa shape index (κ1) is 78.5. The van der Waals surface area contributed by atoms with E-state index in [2.05, 4.69) is 47.5 Å². The Morgan fingerprint density at radius 3 is 1.51 bits per heavy atom. The molecule has 0 radical (unpaired) electrons. The van der Waals surface area contributed by atoms with Gasteiger partial charge in [-0.3, -0.25) is 67.3 Å². The predicted molar refractivity (Wildman–Crippen MR) is 356 cm³/mol. The van der Waals surface area contributed by atoms with Crippen LogP contribution >= 0.6 is 11.8 Å². The summed E-state index contributed by atoms with van der Waals surface area (Å²) in [7, 11) is 0. The van der Waals surface area contributed by atoms with Crippen LogP contribution < -0.4 is 82.7 Å². The molecule has 2 fully saturated rings. The molecule has 2 heterocycles. The van der Waals surface area contributed by atoms with Crippen LogP contribution in [0.4, 0.5) is 0 Å². The number of hydrogen-bond donors (Lipinski definition) is 15. The number of likely N-dealkylation sites (tertiary alicyclic amines) is 2. The van der Waals surface area contributed by atoms with Gasteiger partial charge in [-0.05, 0) is 119 Å². The van der Waals surface area contributed by atoms with E-state index in [1.165, 1.54) is 21.6 Å². The van der Waals surface area contributed by atoms with Crippen molar-refractivity contribution in [2.75, 3.05) is 44.7 Å². The number of nitrogens with two attached hydrogens (primary N) is 7. The number of rotatable bonds is 42. The van der Waals surface area contributed by atoms with E-state index in [0.717, 1.165) is 0 Å². The molecule has 2 aliphatic heterocycles. The summed E-state index contributed by atoms with van der Waals surface area (Å²) in [4.78, 5) is 185. The van der Waals surface area contributed by atoms with Crippen molar-refractivity contribution in [2.24, 2.45) is 51.0 Å². The second kappa shape index (κ2) is 41.0. The number of primary amides is 3. The Hall–Kier alpha value is -8.91. The maximum atomic E-state index is 14.7. The highest BCUT2D eigenvalue weighted by molar-refractivity contribution is 7.98. The van der Waals surface area contributed by atoms with Gasteiger partial charge in [0.1, 0.15) is 54.4 Å². The number of guanidine groups is 1. The van der Waals surface area contributed by atoms with Crippen molar-refractivity contribution in [1.29, 1.82) is 0 Å². The van der Waals surface area contributed by atoms with Crippen LogP contribution in [0.1, 0.15) is 121 Å². The summed E-state index contributed by atoms with van der Waals surface area (Å²) < 4.78 is 0. The number of carbonyl (C=O) groups excluding carboxylic acids is 13. The number of hydrogen-bond acceptors (Lipinski definition) is 17. The molecule has 13 amide bonds. The minimum Gasteiger partial charge on any atom is -0.370 e. The summed E-state index contributed by atoms with van der Waals surface area (Å²) >= 11 is 1.45.